The first kappa shape index (κ1) is 15.1. The van der Waals surface area contributed by atoms with E-state index in [1.54, 1.807) is 11.8 Å². The number of hydrogen-bond acceptors (Lipinski definition) is 6. The number of nitrogen functional groups attached to an aromatic ring is 1. The standard InChI is InChI=1S/C11H15N3O4S2/c12-10-8-9(14(15)16)2-3-11(10)20(17,18)13-4-1-6-19-7-5-13/h2-3,8H,1,4-7,12H2. The van der Waals surface area contributed by atoms with Crippen LogP contribution >= 0.6 is 11.8 Å². The molecule has 0 aliphatic carbocycles. The van der Waals surface area contributed by atoms with Crippen LogP contribution in [0.2, 0.25) is 0 Å². The second kappa shape index (κ2) is 5.98. The Hall–Kier alpha value is -1.32. The van der Waals surface area contributed by atoms with Gasteiger partial charge in [0.05, 0.1) is 10.6 Å². The summed E-state index contributed by atoms with van der Waals surface area (Å²) in [6.07, 6.45) is 0.788. The van der Waals surface area contributed by atoms with Crippen LogP contribution in [0.5, 0.6) is 0 Å². The number of nitro benzene ring substituents is 1. The molecular weight excluding hydrogens is 302 g/mol. The molecule has 20 heavy (non-hydrogen) atoms. The lowest BCUT2D eigenvalue weighted by molar-refractivity contribution is -0.384. The molecule has 0 unspecified atom stereocenters. The fourth-order valence-electron chi connectivity index (χ4n) is 1.99. The van der Waals surface area contributed by atoms with Crippen LogP contribution in [0.3, 0.4) is 0 Å². The number of rotatable bonds is 3. The second-order valence-electron chi connectivity index (χ2n) is 4.35. The first-order chi connectivity index (χ1) is 9.43. The number of non-ortho nitro benzene ring substituents is 1. The number of sulfonamides is 1. The van der Waals surface area contributed by atoms with E-state index in [1.807, 2.05) is 0 Å². The van der Waals surface area contributed by atoms with Crippen LogP contribution < -0.4 is 5.73 Å². The molecule has 1 saturated heterocycles. The van der Waals surface area contributed by atoms with Gasteiger partial charge in [-0.3, -0.25) is 10.1 Å². The van der Waals surface area contributed by atoms with Crippen LogP contribution in [-0.4, -0.2) is 42.2 Å². The minimum atomic E-state index is -3.69. The Morgan fingerprint density at radius 1 is 1.30 bits per heavy atom. The van der Waals surface area contributed by atoms with E-state index in [0.29, 0.717) is 13.1 Å². The number of nitrogens with two attached hydrogens (primary N) is 1. The summed E-state index contributed by atoms with van der Waals surface area (Å²) >= 11 is 1.71. The second-order valence-corrected chi connectivity index (χ2v) is 7.48. The molecule has 0 radical (unpaired) electrons. The van der Waals surface area contributed by atoms with Gasteiger partial charge in [0.25, 0.3) is 5.69 Å². The van der Waals surface area contributed by atoms with Gasteiger partial charge >= 0.3 is 0 Å². The number of thioether (sulfide) groups is 1. The molecule has 0 bridgehead atoms. The van der Waals surface area contributed by atoms with E-state index >= 15 is 0 Å². The molecule has 1 aliphatic rings. The minimum absolute atomic E-state index is 0.0602. The molecule has 1 aliphatic heterocycles. The number of benzene rings is 1. The summed E-state index contributed by atoms with van der Waals surface area (Å²) in [5, 5.41) is 10.6. The monoisotopic (exact) mass is 317 g/mol. The van der Waals surface area contributed by atoms with Crippen LogP contribution in [-0.2, 0) is 10.0 Å². The molecule has 1 aromatic carbocycles. The Morgan fingerprint density at radius 3 is 2.70 bits per heavy atom. The molecule has 110 valence electrons. The molecule has 7 nitrogen and oxygen atoms in total. The van der Waals surface area contributed by atoms with Crippen LogP contribution in [0.1, 0.15) is 6.42 Å². The molecule has 1 fully saturated rings. The van der Waals surface area contributed by atoms with Gasteiger partial charge in [-0.1, -0.05) is 0 Å². The summed E-state index contributed by atoms with van der Waals surface area (Å²) in [7, 11) is -3.69. The van der Waals surface area contributed by atoms with Gasteiger partial charge in [-0.2, -0.15) is 16.1 Å². The lowest BCUT2D eigenvalue weighted by atomic mass is 10.3. The zero-order chi connectivity index (χ0) is 14.8. The quantitative estimate of drug-likeness (QED) is 0.511. The highest BCUT2D eigenvalue weighted by molar-refractivity contribution is 7.99. The topological polar surface area (TPSA) is 107 Å². The van der Waals surface area contributed by atoms with Crippen molar-refractivity contribution < 1.29 is 13.3 Å². The average molecular weight is 317 g/mol. The van der Waals surface area contributed by atoms with E-state index in [0.717, 1.165) is 30.1 Å². The van der Waals surface area contributed by atoms with E-state index in [9.17, 15) is 18.5 Å². The summed E-state index contributed by atoms with van der Waals surface area (Å²) in [5.74, 6) is 1.67. The zero-order valence-electron chi connectivity index (χ0n) is 10.7. The summed E-state index contributed by atoms with van der Waals surface area (Å²) in [4.78, 5) is 9.99. The third kappa shape index (κ3) is 3.05. The Balaban J connectivity index is 2.36. The number of nitro groups is 1. The minimum Gasteiger partial charge on any atom is -0.397 e. The van der Waals surface area contributed by atoms with E-state index in [4.69, 9.17) is 5.73 Å². The first-order valence-corrected chi connectivity index (χ1v) is 8.64. The van der Waals surface area contributed by atoms with Gasteiger partial charge in [-0.05, 0) is 18.2 Å². The number of nitrogens with zero attached hydrogens (tertiary/aromatic N) is 2. The predicted molar refractivity (Wildman–Crippen MR) is 78.2 cm³/mol. The summed E-state index contributed by atoms with van der Waals surface area (Å²) in [6, 6.07) is 3.45. The van der Waals surface area contributed by atoms with E-state index < -0.39 is 14.9 Å². The Bertz CT molecular complexity index is 610. The van der Waals surface area contributed by atoms with Crippen molar-refractivity contribution in [1.29, 1.82) is 0 Å². The van der Waals surface area contributed by atoms with Crippen molar-refractivity contribution in [3.8, 4) is 0 Å². The highest BCUT2D eigenvalue weighted by atomic mass is 32.2. The van der Waals surface area contributed by atoms with Crippen LogP contribution in [0, 0.1) is 10.1 Å². The Labute approximate surface area is 121 Å². The molecule has 9 heteroatoms. The summed E-state index contributed by atoms with van der Waals surface area (Å²) in [6.45, 7) is 0.884. The third-order valence-electron chi connectivity index (χ3n) is 3.00. The molecule has 2 rings (SSSR count). The molecule has 0 aromatic heterocycles. The normalized spacial score (nSPS) is 17.6. The molecule has 0 amide bonds. The molecule has 0 spiro atoms. The number of hydrogen-bond donors (Lipinski definition) is 1. The van der Waals surface area contributed by atoms with E-state index in [2.05, 4.69) is 0 Å². The van der Waals surface area contributed by atoms with Crippen molar-refractivity contribution in [1.82, 2.24) is 4.31 Å². The van der Waals surface area contributed by atoms with Gasteiger partial charge in [-0.15, -0.1) is 0 Å². The van der Waals surface area contributed by atoms with Gasteiger partial charge in [0.2, 0.25) is 10.0 Å². The summed E-state index contributed by atoms with van der Waals surface area (Å²) in [5.41, 5.74) is 5.37. The maximum atomic E-state index is 12.5. The van der Waals surface area contributed by atoms with Gasteiger partial charge in [0.1, 0.15) is 4.90 Å². The lowest BCUT2D eigenvalue weighted by Crippen LogP contribution is -2.33. The van der Waals surface area contributed by atoms with Crippen molar-refractivity contribution in [2.45, 2.75) is 11.3 Å². The highest BCUT2D eigenvalue weighted by Gasteiger charge is 2.28. The van der Waals surface area contributed by atoms with Crippen LogP contribution in [0.4, 0.5) is 11.4 Å². The maximum absolute atomic E-state index is 12.5. The SMILES string of the molecule is Nc1cc([N+](=O)[O-])ccc1S(=O)(=O)N1CCCSCC1. The molecular formula is C11H15N3O4S2. The van der Waals surface area contributed by atoms with Crippen molar-refractivity contribution in [3.05, 3.63) is 28.3 Å². The van der Waals surface area contributed by atoms with E-state index in [-0.39, 0.29) is 16.3 Å². The predicted octanol–water partition coefficient (Wildman–Crippen LogP) is 1.30. The fourth-order valence-corrected chi connectivity index (χ4v) is 4.57. The fraction of sp³-hybridized carbons (Fsp3) is 0.455. The van der Waals surface area contributed by atoms with E-state index in [1.165, 1.54) is 10.4 Å². The van der Waals surface area contributed by atoms with Crippen LogP contribution in [0.25, 0.3) is 0 Å². The molecule has 1 heterocycles. The average Bonchev–Trinajstić information content (AvgIpc) is 2.67. The summed E-state index contributed by atoms with van der Waals surface area (Å²) < 4.78 is 26.4. The largest absolute Gasteiger partial charge is 0.397 e. The van der Waals surface area contributed by atoms with Crippen molar-refractivity contribution in [2.24, 2.45) is 0 Å². The molecule has 0 atom stereocenters. The van der Waals surface area contributed by atoms with Gasteiger partial charge in [0.15, 0.2) is 0 Å². The van der Waals surface area contributed by atoms with Gasteiger partial charge in [0, 0.05) is 31.0 Å². The first-order valence-electron chi connectivity index (χ1n) is 6.05. The maximum Gasteiger partial charge on any atom is 0.271 e. The molecule has 2 N–H and O–H groups in total. The smallest absolute Gasteiger partial charge is 0.271 e. The van der Waals surface area contributed by atoms with Crippen LogP contribution in [0.15, 0.2) is 23.1 Å². The van der Waals surface area contributed by atoms with Gasteiger partial charge < -0.3 is 5.73 Å². The molecule has 0 saturated carbocycles. The third-order valence-corrected chi connectivity index (χ3v) is 6.02. The lowest BCUT2D eigenvalue weighted by Gasteiger charge is -2.20. The van der Waals surface area contributed by atoms with Crippen molar-refractivity contribution in [3.63, 3.8) is 0 Å². The Morgan fingerprint density at radius 2 is 2.05 bits per heavy atom. The highest BCUT2D eigenvalue weighted by Crippen LogP contribution is 2.27. The van der Waals surface area contributed by atoms with Crippen molar-refractivity contribution >= 4 is 33.2 Å². The van der Waals surface area contributed by atoms with Gasteiger partial charge in [-0.25, -0.2) is 8.42 Å². The zero-order valence-corrected chi connectivity index (χ0v) is 12.3. The molecule has 1 aromatic rings. The number of anilines is 1. The van der Waals surface area contributed by atoms with Crippen molar-refractivity contribution in [2.75, 3.05) is 30.3 Å². The Kier molecular flexibility index (Phi) is 4.51.